The van der Waals surface area contributed by atoms with Gasteiger partial charge in [-0.05, 0) is 6.07 Å². The number of carbonyl (C=O) groups excluding carboxylic acids is 2. The third-order valence-electron chi connectivity index (χ3n) is 4.07. The lowest BCUT2D eigenvalue weighted by Gasteiger charge is -2.08. The molecule has 1 aromatic carbocycles. The van der Waals surface area contributed by atoms with Gasteiger partial charge in [-0.15, -0.1) is 0 Å². The van der Waals surface area contributed by atoms with Gasteiger partial charge in [-0.25, -0.2) is 9.37 Å². The van der Waals surface area contributed by atoms with E-state index in [9.17, 15) is 18.8 Å². The Morgan fingerprint density at radius 2 is 2.07 bits per heavy atom. The van der Waals surface area contributed by atoms with Crippen LogP contribution in [0.3, 0.4) is 0 Å². The van der Waals surface area contributed by atoms with Crippen molar-refractivity contribution in [3.63, 3.8) is 0 Å². The molecule has 0 radical (unpaired) electrons. The average molecular weight is 387 g/mol. The molecule has 0 bridgehead atoms. The lowest BCUT2D eigenvalue weighted by molar-refractivity contribution is -0.148. The van der Waals surface area contributed by atoms with E-state index < -0.39 is 24.3 Å². The third kappa shape index (κ3) is 4.40. The zero-order valence-electron chi connectivity index (χ0n) is 15.1. The van der Waals surface area contributed by atoms with Gasteiger partial charge in [-0.3, -0.25) is 23.6 Å². The zero-order chi connectivity index (χ0) is 20.1. The van der Waals surface area contributed by atoms with Crippen molar-refractivity contribution in [2.75, 3.05) is 6.61 Å². The zero-order valence-corrected chi connectivity index (χ0v) is 15.1. The molecule has 3 aromatic rings. The van der Waals surface area contributed by atoms with Crippen LogP contribution in [0.15, 0.2) is 41.6 Å². The highest BCUT2D eigenvalue weighted by atomic mass is 19.1. The number of carbonyl (C=O) groups is 2. The van der Waals surface area contributed by atoms with Crippen molar-refractivity contribution in [2.24, 2.45) is 7.05 Å². The van der Waals surface area contributed by atoms with Crippen molar-refractivity contribution in [1.82, 2.24) is 24.6 Å². The molecule has 2 heterocycles. The highest BCUT2D eigenvalue weighted by Crippen LogP contribution is 2.05. The van der Waals surface area contributed by atoms with Crippen LogP contribution in [-0.4, -0.2) is 37.8 Å². The summed E-state index contributed by atoms with van der Waals surface area (Å²) >= 11 is 0. The first-order valence-corrected chi connectivity index (χ1v) is 8.48. The predicted octanol–water partition coefficient (Wildman–Crippen LogP) is 0.519. The molecule has 146 valence electrons. The van der Waals surface area contributed by atoms with Crippen molar-refractivity contribution in [1.29, 1.82) is 0 Å². The van der Waals surface area contributed by atoms with Crippen LogP contribution in [0.4, 0.5) is 4.39 Å². The molecule has 0 spiro atoms. The molecule has 0 aliphatic heterocycles. The molecule has 0 unspecified atom stereocenters. The van der Waals surface area contributed by atoms with Crippen LogP contribution in [0.2, 0.25) is 0 Å². The van der Waals surface area contributed by atoms with Crippen LogP contribution in [0.1, 0.15) is 12.0 Å². The molecule has 10 heteroatoms. The Hall–Kier alpha value is -3.56. The van der Waals surface area contributed by atoms with Crippen LogP contribution in [0.25, 0.3) is 11.0 Å². The quantitative estimate of drug-likeness (QED) is 0.592. The summed E-state index contributed by atoms with van der Waals surface area (Å²) in [7, 11) is 1.67. The van der Waals surface area contributed by atoms with Crippen molar-refractivity contribution < 1.29 is 18.7 Å². The number of aromatic nitrogens is 4. The second-order valence-corrected chi connectivity index (χ2v) is 6.03. The van der Waals surface area contributed by atoms with Crippen LogP contribution in [0, 0.1) is 5.82 Å². The Bertz CT molecular complexity index is 1080. The maximum Gasteiger partial charge on any atom is 0.308 e. The number of rotatable bonds is 7. The second-order valence-electron chi connectivity index (χ2n) is 6.03. The molecule has 1 amide bonds. The van der Waals surface area contributed by atoms with Gasteiger partial charge in [-0.1, -0.05) is 18.2 Å². The summed E-state index contributed by atoms with van der Waals surface area (Å²) in [6.07, 6.45) is 2.65. The van der Waals surface area contributed by atoms with E-state index in [-0.39, 0.29) is 25.1 Å². The lowest BCUT2D eigenvalue weighted by Crippen LogP contribution is -2.29. The van der Waals surface area contributed by atoms with Gasteiger partial charge in [0.1, 0.15) is 11.2 Å². The Balaban J connectivity index is 1.46. The smallest absolute Gasteiger partial charge is 0.308 e. The number of aryl methyl sites for hydroxylation is 2. The van der Waals surface area contributed by atoms with E-state index in [0.717, 1.165) is 0 Å². The number of hydrogen-bond acceptors (Lipinski definition) is 6. The van der Waals surface area contributed by atoms with Gasteiger partial charge in [0.2, 0.25) is 0 Å². The molecule has 9 nitrogen and oxygen atoms in total. The number of ether oxygens (including phenoxy) is 1. The summed E-state index contributed by atoms with van der Waals surface area (Å²) in [6.45, 7) is -0.427. The van der Waals surface area contributed by atoms with Crippen molar-refractivity contribution in [2.45, 2.75) is 19.5 Å². The van der Waals surface area contributed by atoms with Gasteiger partial charge in [0.25, 0.3) is 11.5 Å². The molecule has 0 saturated carbocycles. The highest BCUT2D eigenvalue weighted by Gasteiger charge is 2.11. The number of halogens is 1. The van der Waals surface area contributed by atoms with Crippen molar-refractivity contribution >= 4 is 22.9 Å². The minimum absolute atomic E-state index is 0.00472. The fraction of sp³-hybridized carbons (Fsp3) is 0.278. The lowest BCUT2D eigenvalue weighted by atomic mass is 10.2. The van der Waals surface area contributed by atoms with E-state index in [1.165, 1.54) is 27.8 Å². The molecular formula is C18H18FN5O4. The van der Waals surface area contributed by atoms with Crippen LogP contribution in [-0.2, 0) is 34.5 Å². The molecule has 0 atom stereocenters. The standard InChI is InChI=1S/C18H18FN5O4/c1-23-17-13(9-22-23)18(27)24(11-21-17)7-6-16(26)28-10-15(25)20-8-12-4-2-3-5-14(12)19/h2-5,9,11H,6-8,10H2,1H3,(H,20,25). The molecule has 0 aliphatic rings. The normalized spacial score (nSPS) is 10.8. The molecule has 3 rings (SSSR count). The number of esters is 1. The van der Waals surface area contributed by atoms with E-state index >= 15 is 0 Å². The number of amides is 1. The van der Waals surface area contributed by atoms with Gasteiger partial charge in [-0.2, -0.15) is 5.10 Å². The maximum absolute atomic E-state index is 13.5. The summed E-state index contributed by atoms with van der Waals surface area (Å²) < 4.78 is 21.1. The van der Waals surface area contributed by atoms with Gasteiger partial charge in [0.15, 0.2) is 12.3 Å². The Kier molecular flexibility index (Phi) is 5.78. The number of nitrogens with zero attached hydrogens (tertiary/aromatic N) is 4. The second kappa shape index (κ2) is 8.42. The number of fused-ring (bicyclic) bond motifs is 1. The average Bonchev–Trinajstić information content (AvgIpc) is 3.07. The van der Waals surface area contributed by atoms with Crippen LogP contribution in [0.5, 0.6) is 0 Å². The minimum atomic E-state index is -0.640. The van der Waals surface area contributed by atoms with Crippen LogP contribution < -0.4 is 10.9 Å². The fourth-order valence-electron chi connectivity index (χ4n) is 2.54. The predicted molar refractivity (Wildman–Crippen MR) is 96.6 cm³/mol. The summed E-state index contributed by atoms with van der Waals surface area (Å²) in [5.41, 5.74) is 0.476. The third-order valence-corrected chi connectivity index (χ3v) is 4.07. The molecule has 0 fully saturated rings. The summed E-state index contributed by atoms with van der Waals surface area (Å²) in [4.78, 5) is 40.0. The Morgan fingerprint density at radius 3 is 2.86 bits per heavy atom. The first-order chi connectivity index (χ1) is 13.5. The van der Waals surface area contributed by atoms with Crippen molar-refractivity contribution in [3.05, 3.63) is 58.5 Å². The van der Waals surface area contributed by atoms with E-state index in [2.05, 4.69) is 15.4 Å². The first kappa shape index (κ1) is 19.2. The largest absolute Gasteiger partial charge is 0.456 e. The van der Waals surface area contributed by atoms with E-state index in [1.807, 2.05) is 0 Å². The molecular weight excluding hydrogens is 369 g/mol. The fourth-order valence-corrected chi connectivity index (χ4v) is 2.54. The van der Waals surface area contributed by atoms with Gasteiger partial charge >= 0.3 is 5.97 Å². The minimum Gasteiger partial charge on any atom is -0.456 e. The van der Waals surface area contributed by atoms with Gasteiger partial charge in [0, 0.05) is 25.7 Å². The Labute approximate surface area is 158 Å². The van der Waals surface area contributed by atoms with E-state index in [1.54, 1.807) is 25.2 Å². The van der Waals surface area contributed by atoms with Crippen molar-refractivity contribution in [3.8, 4) is 0 Å². The monoisotopic (exact) mass is 387 g/mol. The molecule has 0 saturated heterocycles. The molecule has 2 aromatic heterocycles. The van der Waals surface area contributed by atoms with Gasteiger partial charge < -0.3 is 10.1 Å². The first-order valence-electron chi connectivity index (χ1n) is 8.48. The number of benzene rings is 1. The topological polar surface area (TPSA) is 108 Å². The van der Waals surface area contributed by atoms with E-state index in [4.69, 9.17) is 4.74 Å². The van der Waals surface area contributed by atoms with Crippen LogP contribution >= 0.6 is 0 Å². The molecule has 1 N–H and O–H groups in total. The maximum atomic E-state index is 13.5. The highest BCUT2D eigenvalue weighted by molar-refractivity contribution is 5.80. The summed E-state index contributed by atoms with van der Waals surface area (Å²) in [6, 6.07) is 6.05. The van der Waals surface area contributed by atoms with Gasteiger partial charge in [0.05, 0.1) is 18.9 Å². The number of hydrogen-bond donors (Lipinski definition) is 1. The Morgan fingerprint density at radius 1 is 1.29 bits per heavy atom. The van der Waals surface area contributed by atoms with E-state index in [0.29, 0.717) is 16.6 Å². The summed E-state index contributed by atoms with van der Waals surface area (Å²) in [5, 5.41) is 6.79. The number of nitrogens with one attached hydrogen (secondary N) is 1. The summed E-state index contributed by atoms with van der Waals surface area (Å²) in [5.74, 6) is -1.61. The SMILES string of the molecule is Cn1ncc2c(=O)n(CCC(=O)OCC(=O)NCc3ccccc3F)cnc21. The molecule has 0 aliphatic carbocycles. The molecule has 28 heavy (non-hydrogen) atoms.